The number of esters is 1. The molecular formula is C25H41NO5Si. The summed E-state index contributed by atoms with van der Waals surface area (Å²) < 4.78 is 17.9. The monoisotopic (exact) mass is 463 g/mol. The number of benzene rings is 1. The van der Waals surface area contributed by atoms with Crippen molar-refractivity contribution in [3.05, 3.63) is 35.9 Å². The molecule has 2 unspecified atom stereocenters. The molecule has 0 saturated heterocycles. The Hall–Kier alpha value is -1.86. The van der Waals surface area contributed by atoms with Crippen LogP contribution in [0.15, 0.2) is 30.3 Å². The van der Waals surface area contributed by atoms with Crippen molar-refractivity contribution in [2.75, 3.05) is 0 Å². The van der Waals surface area contributed by atoms with Crippen molar-refractivity contribution in [2.45, 2.75) is 104 Å². The first-order valence-electron chi connectivity index (χ1n) is 11.5. The van der Waals surface area contributed by atoms with Gasteiger partial charge >= 0.3 is 12.1 Å². The fourth-order valence-corrected chi connectivity index (χ4v) is 4.75. The van der Waals surface area contributed by atoms with Gasteiger partial charge in [0.2, 0.25) is 0 Å². The van der Waals surface area contributed by atoms with Crippen molar-refractivity contribution in [3.63, 3.8) is 0 Å². The zero-order valence-electron chi connectivity index (χ0n) is 21.2. The Labute approximate surface area is 194 Å². The first-order chi connectivity index (χ1) is 14.6. The van der Waals surface area contributed by atoms with E-state index in [9.17, 15) is 9.59 Å². The summed E-state index contributed by atoms with van der Waals surface area (Å²) in [5, 5.41) is 2.88. The molecule has 7 heteroatoms. The van der Waals surface area contributed by atoms with Crippen LogP contribution in [0.25, 0.3) is 0 Å². The molecule has 0 aliphatic heterocycles. The van der Waals surface area contributed by atoms with Crippen molar-refractivity contribution < 1.29 is 23.5 Å². The summed E-state index contributed by atoms with van der Waals surface area (Å²) in [5.41, 5.74) is -0.411. The maximum absolute atomic E-state index is 13.2. The zero-order chi connectivity index (χ0) is 24.4. The highest BCUT2D eigenvalue weighted by Gasteiger charge is 2.61. The van der Waals surface area contributed by atoms with Gasteiger partial charge in [-0.1, -0.05) is 51.1 Å². The van der Waals surface area contributed by atoms with Gasteiger partial charge in [0.25, 0.3) is 0 Å². The second-order valence-electron chi connectivity index (χ2n) is 11.5. The molecule has 6 nitrogen and oxygen atoms in total. The lowest BCUT2D eigenvalue weighted by molar-refractivity contribution is -0.166. The highest BCUT2D eigenvalue weighted by molar-refractivity contribution is 6.74. The van der Waals surface area contributed by atoms with Crippen molar-refractivity contribution in [2.24, 2.45) is 5.41 Å². The molecule has 1 N–H and O–H groups in total. The van der Waals surface area contributed by atoms with Gasteiger partial charge in [-0.05, 0) is 64.2 Å². The molecular weight excluding hydrogens is 422 g/mol. The second kappa shape index (κ2) is 9.55. The van der Waals surface area contributed by atoms with Gasteiger partial charge in [0.1, 0.15) is 12.2 Å². The molecule has 32 heavy (non-hydrogen) atoms. The highest BCUT2D eigenvalue weighted by Crippen LogP contribution is 2.54. The van der Waals surface area contributed by atoms with Gasteiger partial charge in [0.05, 0.1) is 17.6 Å². The standard InChI is InChI=1S/C25H41NO5Si/c1-18(26-22(28)29-17-19-13-11-10-12-14-19)20(31-32(8,9)24(5,6)7)25(15-16-25)21(27)30-23(2,3)4/h10-14,18,20H,15-17H2,1-9H3,(H,26,28). The number of ether oxygens (including phenoxy) is 2. The lowest BCUT2D eigenvalue weighted by atomic mass is 9.93. The number of amides is 1. The van der Waals surface area contributed by atoms with E-state index >= 15 is 0 Å². The molecule has 0 aromatic heterocycles. The van der Waals surface area contributed by atoms with Crippen LogP contribution in [0.5, 0.6) is 0 Å². The molecule has 1 aliphatic carbocycles. The van der Waals surface area contributed by atoms with Crippen molar-refractivity contribution in [1.82, 2.24) is 5.32 Å². The Morgan fingerprint density at radius 3 is 2.09 bits per heavy atom. The molecule has 1 fully saturated rings. The van der Waals surface area contributed by atoms with Crippen molar-refractivity contribution in [1.29, 1.82) is 0 Å². The summed E-state index contributed by atoms with van der Waals surface area (Å²) in [4.78, 5) is 25.7. The first-order valence-corrected chi connectivity index (χ1v) is 14.4. The Kier molecular flexibility index (Phi) is 7.88. The van der Waals surface area contributed by atoms with Gasteiger partial charge < -0.3 is 19.2 Å². The maximum atomic E-state index is 13.2. The summed E-state index contributed by atoms with van der Waals surface area (Å²) in [6.07, 6.45) is 0.367. The predicted molar refractivity (Wildman–Crippen MR) is 129 cm³/mol. The number of alkyl carbamates (subject to hydrolysis) is 1. The fourth-order valence-electron chi connectivity index (χ4n) is 3.33. The Balaban J connectivity index is 2.18. The third-order valence-electron chi connectivity index (χ3n) is 6.38. The van der Waals surface area contributed by atoms with Gasteiger partial charge in [0.15, 0.2) is 8.32 Å². The van der Waals surface area contributed by atoms with E-state index in [-0.39, 0.29) is 17.6 Å². The quantitative estimate of drug-likeness (QED) is 0.389. The number of hydrogen-bond acceptors (Lipinski definition) is 5. The van der Waals surface area contributed by atoms with Crippen LogP contribution < -0.4 is 5.32 Å². The Bertz CT molecular complexity index is 791. The summed E-state index contributed by atoms with van der Waals surface area (Å²) in [6.45, 7) is 18.5. The molecule has 0 bridgehead atoms. The number of carbonyl (C=O) groups is 2. The summed E-state index contributed by atoms with van der Waals surface area (Å²) in [6, 6.07) is 9.12. The van der Waals surface area contributed by atoms with Crippen LogP contribution in [-0.4, -0.2) is 38.1 Å². The minimum Gasteiger partial charge on any atom is -0.459 e. The minimum absolute atomic E-state index is 0.0389. The SMILES string of the molecule is CC(NC(=O)OCc1ccccc1)C(O[Si](C)(C)C(C)(C)C)C1(C(=O)OC(C)(C)C)CC1. The van der Waals surface area contributed by atoms with Crippen LogP contribution in [0.2, 0.25) is 18.1 Å². The van der Waals surface area contributed by atoms with Crippen molar-refractivity contribution >= 4 is 20.4 Å². The van der Waals surface area contributed by atoms with E-state index in [0.717, 1.165) is 5.56 Å². The molecule has 1 aliphatic rings. The second-order valence-corrected chi connectivity index (χ2v) is 16.2. The molecule has 2 atom stereocenters. The summed E-state index contributed by atoms with van der Waals surface area (Å²) >= 11 is 0. The van der Waals surface area contributed by atoms with Gasteiger partial charge in [-0.2, -0.15) is 0 Å². The molecule has 1 amide bonds. The Morgan fingerprint density at radius 2 is 1.62 bits per heavy atom. The molecule has 1 aromatic rings. The maximum Gasteiger partial charge on any atom is 0.407 e. The van der Waals surface area contributed by atoms with Gasteiger partial charge in [-0.3, -0.25) is 4.79 Å². The average molecular weight is 464 g/mol. The third-order valence-corrected chi connectivity index (χ3v) is 10.8. The van der Waals surface area contributed by atoms with E-state index in [4.69, 9.17) is 13.9 Å². The van der Waals surface area contributed by atoms with E-state index in [1.54, 1.807) is 0 Å². The topological polar surface area (TPSA) is 73.9 Å². The molecule has 1 aromatic carbocycles. The van der Waals surface area contributed by atoms with Crippen LogP contribution in [-0.2, 0) is 25.3 Å². The molecule has 0 heterocycles. The molecule has 1 saturated carbocycles. The van der Waals surface area contributed by atoms with E-state index in [0.29, 0.717) is 12.8 Å². The predicted octanol–water partition coefficient (Wildman–Crippen LogP) is 5.81. The Morgan fingerprint density at radius 1 is 1.06 bits per heavy atom. The van der Waals surface area contributed by atoms with E-state index in [2.05, 4.69) is 39.2 Å². The zero-order valence-corrected chi connectivity index (χ0v) is 22.2. The molecule has 2 rings (SSSR count). The molecule has 0 spiro atoms. The minimum atomic E-state index is -2.23. The number of rotatable bonds is 8. The van der Waals surface area contributed by atoms with Crippen LogP contribution >= 0.6 is 0 Å². The van der Waals surface area contributed by atoms with Crippen LogP contribution in [0.3, 0.4) is 0 Å². The van der Waals surface area contributed by atoms with Crippen LogP contribution in [0.1, 0.15) is 66.9 Å². The third kappa shape index (κ3) is 6.82. The van der Waals surface area contributed by atoms with E-state index in [1.165, 1.54) is 0 Å². The first kappa shape index (κ1) is 26.4. The molecule has 0 radical (unpaired) electrons. The normalized spacial score (nSPS) is 17.8. The van der Waals surface area contributed by atoms with Crippen LogP contribution in [0.4, 0.5) is 4.79 Å². The van der Waals surface area contributed by atoms with Gasteiger partial charge in [-0.15, -0.1) is 0 Å². The van der Waals surface area contributed by atoms with Gasteiger partial charge in [-0.25, -0.2) is 4.79 Å². The van der Waals surface area contributed by atoms with Gasteiger partial charge in [0, 0.05) is 0 Å². The number of carbonyl (C=O) groups excluding carboxylic acids is 2. The summed E-state index contributed by atoms with van der Waals surface area (Å²) in [7, 11) is -2.23. The lowest BCUT2D eigenvalue weighted by Gasteiger charge is -2.43. The summed E-state index contributed by atoms with van der Waals surface area (Å²) in [5.74, 6) is -0.250. The number of hydrogen-bond donors (Lipinski definition) is 1. The smallest absolute Gasteiger partial charge is 0.407 e. The largest absolute Gasteiger partial charge is 0.459 e. The van der Waals surface area contributed by atoms with Crippen LogP contribution in [0, 0.1) is 5.41 Å². The highest BCUT2D eigenvalue weighted by atomic mass is 28.4. The average Bonchev–Trinajstić information content (AvgIpc) is 3.45. The van der Waals surface area contributed by atoms with E-state index < -0.39 is 37.6 Å². The van der Waals surface area contributed by atoms with Crippen molar-refractivity contribution in [3.8, 4) is 0 Å². The number of nitrogens with one attached hydrogen (secondary N) is 1. The fraction of sp³-hybridized carbons (Fsp3) is 0.680. The molecule has 180 valence electrons. The van der Waals surface area contributed by atoms with E-state index in [1.807, 2.05) is 58.0 Å². The lowest BCUT2D eigenvalue weighted by Crippen LogP contribution is -2.56.